The van der Waals surface area contributed by atoms with Crippen molar-refractivity contribution < 1.29 is 14.3 Å². The van der Waals surface area contributed by atoms with E-state index in [0.717, 1.165) is 11.1 Å². The lowest BCUT2D eigenvalue weighted by Crippen LogP contribution is -2.08. The van der Waals surface area contributed by atoms with E-state index in [9.17, 15) is 9.59 Å². The largest absolute Gasteiger partial charge is 0.423 e. The maximum atomic E-state index is 12.0. The fraction of sp³-hybridized carbons (Fsp3) is 0. The Morgan fingerprint density at radius 1 is 0.679 bits per heavy atom. The van der Waals surface area contributed by atoms with Gasteiger partial charge in [0.25, 0.3) is 0 Å². The number of benzene rings is 3. The van der Waals surface area contributed by atoms with Crippen molar-refractivity contribution in [2.24, 2.45) is 0 Å². The van der Waals surface area contributed by atoms with Crippen LogP contribution in [0.4, 0.5) is 5.69 Å². The summed E-state index contributed by atoms with van der Waals surface area (Å²) in [6.07, 6.45) is 6.28. The highest BCUT2D eigenvalue weighted by Crippen LogP contribution is 2.16. The van der Waals surface area contributed by atoms with Gasteiger partial charge in [0.1, 0.15) is 5.75 Å². The van der Waals surface area contributed by atoms with Gasteiger partial charge in [-0.1, -0.05) is 60.7 Å². The molecule has 0 aliphatic heterocycles. The number of anilines is 1. The van der Waals surface area contributed by atoms with Crippen LogP contribution in [-0.4, -0.2) is 11.9 Å². The molecule has 3 aromatic carbocycles. The summed E-state index contributed by atoms with van der Waals surface area (Å²) in [5, 5.41) is 2.76. The molecular weight excluding hydrogens is 350 g/mol. The van der Waals surface area contributed by atoms with E-state index in [4.69, 9.17) is 4.74 Å². The molecule has 0 heterocycles. The first-order valence-electron chi connectivity index (χ1n) is 8.78. The Kier molecular flexibility index (Phi) is 6.53. The predicted octanol–water partition coefficient (Wildman–Crippen LogP) is 4.96. The molecule has 0 saturated heterocycles. The van der Waals surface area contributed by atoms with Crippen molar-refractivity contribution in [2.45, 2.75) is 0 Å². The number of carbonyl (C=O) groups excluding carboxylic acids is 2. The number of ether oxygens (including phenoxy) is 1. The minimum atomic E-state index is -0.466. The standard InChI is InChI=1S/C24H19NO3/c26-23(17-11-19-7-3-1-4-8-19)25-21-13-15-22(16-14-21)28-24(27)18-12-20-9-5-2-6-10-20/h1-18H,(H,25,26)/b17-11-,18-12+. The van der Waals surface area contributed by atoms with E-state index in [1.807, 2.05) is 60.7 Å². The monoisotopic (exact) mass is 369 g/mol. The third-order valence-corrected chi connectivity index (χ3v) is 3.78. The topological polar surface area (TPSA) is 55.4 Å². The summed E-state index contributed by atoms with van der Waals surface area (Å²) in [4.78, 5) is 23.9. The fourth-order valence-electron chi connectivity index (χ4n) is 2.40. The zero-order chi connectivity index (χ0) is 19.6. The molecule has 0 fully saturated rings. The van der Waals surface area contributed by atoms with Crippen molar-refractivity contribution in [3.8, 4) is 5.75 Å². The van der Waals surface area contributed by atoms with E-state index < -0.39 is 5.97 Å². The number of rotatable bonds is 6. The molecule has 1 amide bonds. The molecule has 0 spiro atoms. The van der Waals surface area contributed by atoms with E-state index in [-0.39, 0.29) is 5.91 Å². The van der Waals surface area contributed by atoms with Crippen LogP contribution in [0.2, 0.25) is 0 Å². The highest BCUT2D eigenvalue weighted by atomic mass is 16.5. The van der Waals surface area contributed by atoms with Gasteiger partial charge >= 0.3 is 5.97 Å². The molecule has 0 aliphatic rings. The number of hydrogen-bond donors (Lipinski definition) is 1. The Hall–Kier alpha value is -3.92. The molecule has 0 bridgehead atoms. The Bertz CT molecular complexity index is 893. The summed E-state index contributed by atoms with van der Waals surface area (Å²) in [5.41, 5.74) is 2.48. The van der Waals surface area contributed by atoms with Crippen molar-refractivity contribution in [3.63, 3.8) is 0 Å². The zero-order valence-corrected chi connectivity index (χ0v) is 15.1. The number of esters is 1. The van der Waals surface area contributed by atoms with Crippen molar-refractivity contribution in [1.29, 1.82) is 0 Å². The van der Waals surface area contributed by atoms with Crippen LogP contribution in [0.15, 0.2) is 97.1 Å². The molecular formula is C24H19NO3. The molecule has 4 heteroatoms. The van der Waals surface area contributed by atoms with E-state index in [0.29, 0.717) is 11.4 Å². The van der Waals surface area contributed by atoms with Crippen LogP contribution in [0.1, 0.15) is 11.1 Å². The molecule has 3 rings (SSSR count). The van der Waals surface area contributed by atoms with Crippen molar-refractivity contribution in [1.82, 2.24) is 0 Å². The fourth-order valence-corrected chi connectivity index (χ4v) is 2.40. The van der Waals surface area contributed by atoms with Crippen LogP contribution < -0.4 is 10.1 Å². The second kappa shape index (κ2) is 9.69. The zero-order valence-electron chi connectivity index (χ0n) is 15.1. The lowest BCUT2D eigenvalue weighted by molar-refractivity contribution is -0.128. The van der Waals surface area contributed by atoms with Crippen molar-refractivity contribution >= 4 is 29.7 Å². The minimum Gasteiger partial charge on any atom is -0.423 e. The quantitative estimate of drug-likeness (QED) is 0.380. The number of nitrogens with one attached hydrogen (secondary N) is 1. The maximum Gasteiger partial charge on any atom is 0.336 e. The summed E-state index contributed by atoms with van der Waals surface area (Å²) in [5.74, 6) is -0.300. The Morgan fingerprint density at radius 2 is 1.21 bits per heavy atom. The van der Waals surface area contributed by atoms with E-state index in [1.54, 1.807) is 36.4 Å². The molecule has 138 valence electrons. The Morgan fingerprint density at radius 3 is 1.79 bits per heavy atom. The van der Waals surface area contributed by atoms with Gasteiger partial charge in [-0.25, -0.2) is 4.79 Å². The van der Waals surface area contributed by atoms with Crippen LogP contribution in [-0.2, 0) is 9.59 Å². The Balaban J connectivity index is 1.51. The molecule has 0 unspecified atom stereocenters. The second-order valence-corrected chi connectivity index (χ2v) is 5.92. The number of hydrogen-bond acceptors (Lipinski definition) is 3. The first-order chi connectivity index (χ1) is 13.7. The number of carbonyl (C=O) groups is 2. The van der Waals surface area contributed by atoms with Crippen LogP contribution in [0.5, 0.6) is 5.75 Å². The molecule has 0 saturated carbocycles. The van der Waals surface area contributed by atoms with E-state index in [1.165, 1.54) is 12.2 Å². The summed E-state index contributed by atoms with van der Waals surface area (Å²) in [6.45, 7) is 0. The van der Waals surface area contributed by atoms with Crippen LogP contribution in [0, 0.1) is 0 Å². The van der Waals surface area contributed by atoms with Gasteiger partial charge in [-0.2, -0.15) is 0 Å². The highest BCUT2D eigenvalue weighted by molar-refractivity contribution is 6.02. The molecule has 28 heavy (non-hydrogen) atoms. The van der Waals surface area contributed by atoms with Crippen LogP contribution >= 0.6 is 0 Å². The SMILES string of the molecule is O=C(/C=C\c1ccccc1)Nc1ccc(OC(=O)/C=C/c2ccccc2)cc1. The van der Waals surface area contributed by atoms with Gasteiger partial charge in [-0.3, -0.25) is 4.79 Å². The normalized spacial score (nSPS) is 10.9. The molecule has 1 N–H and O–H groups in total. The van der Waals surface area contributed by atoms with Crippen LogP contribution in [0.25, 0.3) is 12.2 Å². The molecule has 3 aromatic rings. The number of amides is 1. The summed E-state index contributed by atoms with van der Waals surface area (Å²) in [7, 11) is 0. The predicted molar refractivity (Wildman–Crippen MR) is 112 cm³/mol. The van der Waals surface area contributed by atoms with Crippen LogP contribution in [0.3, 0.4) is 0 Å². The van der Waals surface area contributed by atoms with E-state index in [2.05, 4.69) is 5.32 Å². The molecule has 0 aliphatic carbocycles. The van der Waals surface area contributed by atoms with Gasteiger partial charge in [-0.05, 0) is 47.5 Å². The van der Waals surface area contributed by atoms with Crippen molar-refractivity contribution in [2.75, 3.05) is 5.32 Å². The maximum absolute atomic E-state index is 12.0. The van der Waals surface area contributed by atoms with Gasteiger partial charge in [0.05, 0.1) is 0 Å². The summed E-state index contributed by atoms with van der Waals surface area (Å²) in [6, 6.07) is 25.7. The first kappa shape index (κ1) is 18.9. The highest BCUT2D eigenvalue weighted by Gasteiger charge is 2.02. The van der Waals surface area contributed by atoms with Gasteiger partial charge in [0.15, 0.2) is 0 Å². The molecule has 0 atom stereocenters. The lowest BCUT2D eigenvalue weighted by atomic mass is 10.2. The summed E-state index contributed by atoms with van der Waals surface area (Å²) >= 11 is 0. The average Bonchev–Trinajstić information content (AvgIpc) is 2.74. The van der Waals surface area contributed by atoms with E-state index >= 15 is 0 Å². The van der Waals surface area contributed by atoms with Crippen molar-refractivity contribution in [3.05, 3.63) is 108 Å². The van der Waals surface area contributed by atoms with Gasteiger partial charge < -0.3 is 10.1 Å². The third kappa shape index (κ3) is 6.11. The van der Waals surface area contributed by atoms with Gasteiger partial charge in [0.2, 0.25) is 5.91 Å². The third-order valence-electron chi connectivity index (χ3n) is 3.78. The lowest BCUT2D eigenvalue weighted by Gasteiger charge is -2.05. The second-order valence-electron chi connectivity index (χ2n) is 5.92. The summed E-state index contributed by atoms with van der Waals surface area (Å²) < 4.78 is 5.25. The molecule has 4 nitrogen and oxygen atoms in total. The molecule has 0 aromatic heterocycles. The smallest absolute Gasteiger partial charge is 0.336 e. The molecule has 0 radical (unpaired) electrons. The van der Waals surface area contributed by atoms with Gasteiger partial charge in [-0.15, -0.1) is 0 Å². The first-order valence-corrected chi connectivity index (χ1v) is 8.78. The average molecular weight is 369 g/mol. The Labute approximate surface area is 163 Å². The van der Waals surface area contributed by atoms with Gasteiger partial charge in [0, 0.05) is 17.8 Å². The minimum absolute atomic E-state index is 0.237.